The van der Waals surface area contributed by atoms with Crippen LogP contribution in [0.5, 0.6) is 0 Å². The Bertz CT molecular complexity index is 430. The van der Waals surface area contributed by atoms with Crippen LogP contribution in [0.25, 0.3) is 0 Å². The minimum atomic E-state index is 0.608. The normalized spacial score (nSPS) is 28.1. The van der Waals surface area contributed by atoms with Gasteiger partial charge in [-0.3, -0.25) is 14.8 Å². The van der Waals surface area contributed by atoms with E-state index >= 15 is 0 Å². The molecule has 25 heavy (non-hydrogen) atoms. The lowest BCUT2D eigenvalue weighted by Gasteiger charge is -2.33. The number of hydrogen-bond acceptors (Lipinski definition) is 4. The average Bonchev–Trinajstić information content (AvgIpc) is 3.31. The van der Waals surface area contributed by atoms with Crippen molar-refractivity contribution in [3.63, 3.8) is 0 Å². The Morgan fingerprint density at radius 2 is 1.84 bits per heavy atom. The summed E-state index contributed by atoms with van der Waals surface area (Å²) in [6.07, 6.45) is 3.94. The van der Waals surface area contributed by atoms with Gasteiger partial charge in [0.05, 0.1) is 13.2 Å². The van der Waals surface area contributed by atoms with Crippen LogP contribution in [0.1, 0.15) is 33.1 Å². The standard InChI is InChI=1S/C19H37N5O/c1-16(2)18(23-7-4-5-8-23)14-21-19(20-3)24-9-6-17(15-24)22-10-12-25-13-11-22/h16-18H,4-15H2,1-3H3,(H,20,21). The average molecular weight is 352 g/mol. The molecule has 3 rings (SSSR count). The zero-order valence-corrected chi connectivity index (χ0v) is 16.4. The summed E-state index contributed by atoms with van der Waals surface area (Å²) in [7, 11) is 1.92. The molecule has 0 aromatic heterocycles. The fourth-order valence-corrected chi connectivity index (χ4v) is 4.56. The minimum absolute atomic E-state index is 0.608. The first-order valence-corrected chi connectivity index (χ1v) is 10.2. The van der Waals surface area contributed by atoms with Crippen LogP contribution < -0.4 is 5.32 Å². The molecule has 0 radical (unpaired) electrons. The molecule has 0 aromatic carbocycles. The van der Waals surface area contributed by atoms with E-state index in [0.717, 1.165) is 51.9 Å². The second kappa shape index (κ2) is 9.19. The molecule has 1 N–H and O–H groups in total. The van der Waals surface area contributed by atoms with Crippen LogP contribution in [0, 0.1) is 5.92 Å². The molecule has 3 aliphatic rings. The van der Waals surface area contributed by atoms with Crippen molar-refractivity contribution >= 4 is 5.96 Å². The smallest absolute Gasteiger partial charge is 0.193 e. The van der Waals surface area contributed by atoms with E-state index in [9.17, 15) is 0 Å². The largest absolute Gasteiger partial charge is 0.379 e. The molecule has 0 amide bonds. The Morgan fingerprint density at radius 3 is 2.48 bits per heavy atom. The summed E-state index contributed by atoms with van der Waals surface area (Å²) in [5, 5.41) is 3.68. The third-order valence-electron chi connectivity index (χ3n) is 6.09. The summed E-state index contributed by atoms with van der Waals surface area (Å²) >= 11 is 0. The molecule has 3 fully saturated rings. The second-order valence-corrected chi connectivity index (χ2v) is 8.02. The molecule has 3 heterocycles. The third-order valence-corrected chi connectivity index (χ3v) is 6.09. The SMILES string of the molecule is CN=C(NCC(C(C)C)N1CCCC1)N1CCC(N2CCOCC2)C1. The van der Waals surface area contributed by atoms with Crippen LogP contribution in [0.4, 0.5) is 0 Å². The lowest BCUT2D eigenvalue weighted by molar-refractivity contribution is 0.0194. The molecule has 3 aliphatic heterocycles. The van der Waals surface area contributed by atoms with Crippen LogP contribution in [0.3, 0.4) is 0 Å². The van der Waals surface area contributed by atoms with Crippen molar-refractivity contribution in [3.05, 3.63) is 0 Å². The predicted octanol–water partition coefficient (Wildman–Crippen LogP) is 1.09. The molecule has 6 nitrogen and oxygen atoms in total. The fourth-order valence-electron chi connectivity index (χ4n) is 4.56. The number of nitrogens with zero attached hydrogens (tertiary/aromatic N) is 4. The van der Waals surface area contributed by atoms with Crippen LogP contribution in [-0.4, -0.2) is 98.8 Å². The molecule has 0 aromatic rings. The van der Waals surface area contributed by atoms with Crippen molar-refractivity contribution in [2.45, 2.75) is 45.2 Å². The first-order valence-electron chi connectivity index (χ1n) is 10.2. The Morgan fingerprint density at radius 1 is 1.12 bits per heavy atom. The highest BCUT2D eigenvalue weighted by molar-refractivity contribution is 5.80. The number of guanidine groups is 1. The van der Waals surface area contributed by atoms with E-state index in [-0.39, 0.29) is 0 Å². The number of ether oxygens (including phenoxy) is 1. The monoisotopic (exact) mass is 351 g/mol. The molecule has 0 spiro atoms. The Labute approximate surface area is 153 Å². The van der Waals surface area contributed by atoms with Crippen molar-refractivity contribution < 1.29 is 4.74 Å². The summed E-state index contributed by atoms with van der Waals surface area (Å²) < 4.78 is 5.49. The number of likely N-dealkylation sites (tertiary alicyclic amines) is 2. The van der Waals surface area contributed by atoms with Gasteiger partial charge in [-0.25, -0.2) is 0 Å². The van der Waals surface area contributed by atoms with Gasteiger partial charge in [-0.05, 0) is 38.3 Å². The first kappa shape index (κ1) is 18.9. The van der Waals surface area contributed by atoms with Gasteiger partial charge in [0.15, 0.2) is 5.96 Å². The third kappa shape index (κ3) is 4.86. The van der Waals surface area contributed by atoms with E-state index in [0.29, 0.717) is 18.0 Å². The molecular formula is C19H37N5O. The van der Waals surface area contributed by atoms with Gasteiger partial charge in [0.25, 0.3) is 0 Å². The van der Waals surface area contributed by atoms with E-state index in [4.69, 9.17) is 4.74 Å². The van der Waals surface area contributed by atoms with E-state index in [1.54, 1.807) is 0 Å². The van der Waals surface area contributed by atoms with Gasteiger partial charge in [0.2, 0.25) is 0 Å². The molecule has 144 valence electrons. The van der Waals surface area contributed by atoms with E-state index in [1.165, 1.54) is 32.4 Å². The lowest BCUT2D eigenvalue weighted by atomic mass is 10.0. The van der Waals surface area contributed by atoms with Gasteiger partial charge in [-0.15, -0.1) is 0 Å². The zero-order chi connectivity index (χ0) is 17.6. The van der Waals surface area contributed by atoms with Gasteiger partial charge >= 0.3 is 0 Å². The lowest BCUT2D eigenvalue weighted by Crippen LogP contribution is -2.50. The maximum atomic E-state index is 5.49. The van der Waals surface area contributed by atoms with Gasteiger partial charge in [0, 0.05) is 51.9 Å². The van der Waals surface area contributed by atoms with Gasteiger partial charge < -0.3 is 15.0 Å². The summed E-state index contributed by atoms with van der Waals surface area (Å²) in [5.74, 6) is 1.75. The molecule has 3 saturated heterocycles. The number of hydrogen-bond donors (Lipinski definition) is 1. The second-order valence-electron chi connectivity index (χ2n) is 8.02. The predicted molar refractivity (Wildman–Crippen MR) is 103 cm³/mol. The summed E-state index contributed by atoms with van der Waals surface area (Å²) in [6.45, 7) is 14.3. The summed E-state index contributed by atoms with van der Waals surface area (Å²) in [5.41, 5.74) is 0. The number of rotatable bonds is 5. The first-order chi connectivity index (χ1) is 12.2. The number of aliphatic imine (C=N–C) groups is 1. The maximum absolute atomic E-state index is 5.49. The molecule has 0 aliphatic carbocycles. The maximum Gasteiger partial charge on any atom is 0.193 e. The van der Waals surface area contributed by atoms with Crippen LogP contribution in [0.2, 0.25) is 0 Å². The van der Waals surface area contributed by atoms with Gasteiger partial charge in [-0.2, -0.15) is 0 Å². The molecule has 6 heteroatoms. The zero-order valence-electron chi connectivity index (χ0n) is 16.4. The molecule has 2 unspecified atom stereocenters. The van der Waals surface area contributed by atoms with Crippen LogP contribution >= 0.6 is 0 Å². The van der Waals surface area contributed by atoms with Crippen molar-refractivity contribution in [2.75, 3.05) is 66.1 Å². The van der Waals surface area contributed by atoms with Crippen molar-refractivity contribution in [1.29, 1.82) is 0 Å². The Hall–Kier alpha value is -0.850. The molecule has 0 saturated carbocycles. The summed E-state index contributed by atoms with van der Waals surface area (Å²) in [4.78, 5) is 12.3. The number of morpholine rings is 1. The number of nitrogens with one attached hydrogen (secondary N) is 1. The quantitative estimate of drug-likeness (QED) is 0.593. The van der Waals surface area contributed by atoms with E-state index < -0.39 is 0 Å². The Balaban J connectivity index is 1.50. The van der Waals surface area contributed by atoms with Gasteiger partial charge in [0.1, 0.15) is 0 Å². The van der Waals surface area contributed by atoms with E-state index in [2.05, 4.69) is 38.9 Å². The summed E-state index contributed by atoms with van der Waals surface area (Å²) in [6, 6.07) is 1.26. The molecular weight excluding hydrogens is 314 g/mol. The minimum Gasteiger partial charge on any atom is -0.379 e. The van der Waals surface area contributed by atoms with E-state index in [1.807, 2.05) is 7.05 Å². The molecule has 0 bridgehead atoms. The van der Waals surface area contributed by atoms with Gasteiger partial charge in [-0.1, -0.05) is 13.8 Å². The molecule has 2 atom stereocenters. The highest BCUT2D eigenvalue weighted by Crippen LogP contribution is 2.19. The highest BCUT2D eigenvalue weighted by atomic mass is 16.5. The fraction of sp³-hybridized carbons (Fsp3) is 0.947. The van der Waals surface area contributed by atoms with Crippen molar-refractivity contribution in [2.24, 2.45) is 10.9 Å². The highest BCUT2D eigenvalue weighted by Gasteiger charge is 2.31. The van der Waals surface area contributed by atoms with Crippen molar-refractivity contribution in [3.8, 4) is 0 Å². The van der Waals surface area contributed by atoms with Crippen LogP contribution in [0.15, 0.2) is 4.99 Å². The topological polar surface area (TPSA) is 43.3 Å². The Kier molecular flexibility index (Phi) is 6.96. The van der Waals surface area contributed by atoms with Crippen molar-refractivity contribution in [1.82, 2.24) is 20.0 Å². The van der Waals surface area contributed by atoms with Crippen LogP contribution in [-0.2, 0) is 4.74 Å².